The topological polar surface area (TPSA) is 41.8 Å². The summed E-state index contributed by atoms with van der Waals surface area (Å²) in [4.78, 5) is 4.22. The van der Waals surface area contributed by atoms with Gasteiger partial charge in [-0.25, -0.2) is 4.99 Å². The van der Waals surface area contributed by atoms with Crippen LogP contribution in [-0.4, -0.2) is 31.6 Å². The average Bonchev–Trinajstić information content (AvgIpc) is 2.82. The fourth-order valence-corrected chi connectivity index (χ4v) is 1.41. The van der Waals surface area contributed by atoms with E-state index in [2.05, 4.69) is 11.6 Å². The van der Waals surface area contributed by atoms with Crippen molar-refractivity contribution >= 4 is 18.9 Å². The zero-order valence-corrected chi connectivity index (χ0v) is 8.31. The van der Waals surface area contributed by atoms with E-state index < -0.39 is 0 Å². The normalized spacial score (nSPS) is 14.3. The van der Waals surface area contributed by atoms with Gasteiger partial charge in [0.1, 0.15) is 6.61 Å². The highest BCUT2D eigenvalue weighted by Gasteiger charge is 2.09. The van der Waals surface area contributed by atoms with Crippen LogP contribution in [-0.2, 0) is 4.74 Å². The van der Waals surface area contributed by atoms with E-state index in [1.165, 1.54) is 0 Å². The summed E-state index contributed by atoms with van der Waals surface area (Å²) in [6.45, 7) is 5.09. The van der Waals surface area contributed by atoms with E-state index in [0.29, 0.717) is 18.0 Å². The summed E-state index contributed by atoms with van der Waals surface area (Å²) in [5, 5.41) is 8.80. The maximum Gasteiger partial charge on any atom is 0.326 e. The van der Waals surface area contributed by atoms with Gasteiger partial charge in [-0.05, 0) is 17.7 Å². The average molecular weight is 200 g/mol. The molecule has 1 aliphatic rings. The van der Waals surface area contributed by atoms with E-state index in [4.69, 9.17) is 9.76 Å². The first-order chi connectivity index (χ1) is 7.31. The van der Waals surface area contributed by atoms with Crippen LogP contribution in [0.25, 0.3) is 5.47 Å². The van der Waals surface area contributed by atoms with Crippen LogP contribution in [0.5, 0.6) is 0 Å². The highest BCUT2D eigenvalue weighted by atomic mass is 16.5. The summed E-state index contributed by atoms with van der Waals surface area (Å²) < 4.78 is 5.34. The standard InChI is InChI=1S/C11H11BNO2/c1-8(12-14)9-2-4-10(5-3-9)11-13-6-7-15-11/h2-5,14H,1,6-7H2. The monoisotopic (exact) mass is 200 g/mol. The molecule has 0 saturated carbocycles. The molecule has 1 heterocycles. The Morgan fingerprint density at radius 1 is 1.40 bits per heavy atom. The van der Waals surface area contributed by atoms with Crippen molar-refractivity contribution in [3.05, 3.63) is 42.0 Å². The maximum absolute atomic E-state index is 8.80. The number of hydrogen-bond acceptors (Lipinski definition) is 3. The molecule has 0 unspecified atom stereocenters. The molecular weight excluding hydrogens is 189 g/mol. The van der Waals surface area contributed by atoms with Gasteiger partial charge >= 0.3 is 7.48 Å². The second kappa shape index (κ2) is 4.32. The minimum Gasteiger partial charge on any atom is -0.476 e. The van der Waals surface area contributed by atoms with Crippen LogP contribution in [0, 0.1) is 0 Å². The maximum atomic E-state index is 8.80. The zero-order valence-electron chi connectivity index (χ0n) is 8.31. The molecular formula is C11H11BNO2. The van der Waals surface area contributed by atoms with E-state index in [1.807, 2.05) is 24.3 Å². The number of hydrogen-bond donors (Lipinski definition) is 1. The van der Waals surface area contributed by atoms with Crippen LogP contribution < -0.4 is 0 Å². The summed E-state index contributed by atoms with van der Waals surface area (Å²) >= 11 is 0. The van der Waals surface area contributed by atoms with Gasteiger partial charge in [0.05, 0.1) is 6.54 Å². The lowest BCUT2D eigenvalue weighted by Gasteiger charge is -2.04. The van der Waals surface area contributed by atoms with Gasteiger partial charge < -0.3 is 9.76 Å². The molecule has 1 N–H and O–H groups in total. The lowest BCUT2D eigenvalue weighted by molar-refractivity contribution is 0.348. The number of nitrogens with zero attached hydrogens (tertiary/aromatic N) is 1. The SMILES string of the molecule is C=C([B]O)c1ccc(C2=NCCO2)cc1. The van der Waals surface area contributed by atoms with Crippen molar-refractivity contribution in [1.29, 1.82) is 0 Å². The molecule has 0 atom stereocenters. The molecule has 1 radical (unpaired) electrons. The number of benzene rings is 1. The Kier molecular flexibility index (Phi) is 2.88. The summed E-state index contributed by atoms with van der Waals surface area (Å²) in [5.41, 5.74) is 2.44. The molecule has 0 aromatic heterocycles. The molecule has 1 aliphatic heterocycles. The van der Waals surface area contributed by atoms with Gasteiger partial charge in [0.25, 0.3) is 0 Å². The molecule has 3 nitrogen and oxygen atoms in total. The molecule has 1 aromatic rings. The second-order valence-electron chi connectivity index (χ2n) is 3.27. The van der Waals surface area contributed by atoms with Crippen molar-refractivity contribution in [3.8, 4) is 0 Å². The van der Waals surface area contributed by atoms with Gasteiger partial charge in [0.15, 0.2) is 0 Å². The Morgan fingerprint density at radius 2 is 2.13 bits per heavy atom. The molecule has 0 spiro atoms. The summed E-state index contributed by atoms with van der Waals surface area (Å²) in [6, 6.07) is 7.59. The first kappa shape index (κ1) is 9.99. The summed E-state index contributed by atoms with van der Waals surface area (Å²) in [5.74, 6) is 0.695. The summed E-state index contributed by atoms with van der Waals surface area (Å²) in [7, 11) is 0.999. The Morgan fingerprint density at radius 3 is 2.67 bits per heavy atom. The minimum absolute atomic E-state index is 0.593. The highest BCUT2D eigenvalue weighted by molar-refractivity contribution is 6.53. The first-order valence-electron chi connectivity index (χ1n) is 4.75. The summed E-state index contributed by atoms with van der Waals surface area (Å²) in [6.07, 6.45) is 0. The second-order valence-corrected chi connectivity index (χ2v) is 3.27. The van der Waals surface area contributed by atoms with Crippen LogP contribution in [0.2, 0.25) is 0 Å². The minimum atomic E-state index is 0.593. The molecule has 0 amide bonds. The predicted octanol–water partition coefficient (Wildman–Crippen LogP) is 1.05. The first-order valence-corrected chi connectivity index (χ1v) is 4.75. The van der Waals surface area contributed by atoms with Gasteiger partial charge in [-0.2, -0.15) is 0 Å². The van der Waals surface area contributed by atoms with Crippen molar-refractivity contribution in [1.82, 2.24) is 0 Å². The van der Waals surface area contributed by atoms with Crippen molar-refractivity contribution in [2.24, 2.45) is 4.99 Å². The van der Waals surface area contributed by atoms with E-state index in [9.17, 15) is 0 Å². The number of aliphatic imine (C=N–C) groups is 1. The fraction of sp³-hybridized carbons (Fsp3) is 0.182. The van der Waals surface area contributed by atoms with Crippen molar-refractivity contribution < 1.29 is 9.76 Å². The molecule has 0 saturated heterocycles. The number of rotatable bonds is 3. The van der Waals surface area contributed by atoms with E-state index in [0.717, 1.165) is 25.2 Å². The smallest absolute Gasteiger partial charge is 0.326 e. The van der Waals surface area contributed by atoms with Crippen molar-refractivity contribution in [3.63, 3.8) is 0 Å². The van der Waals surface area contributed by atoms with Crippen LogP contribution >= 0.6 is 0 Å². The van der Waals surface area contributed by atoms with Crippen LogP contribution in [0.4, 0.5) is 0 Å². The highest BCUT2D eigenvalue weighted by Crippen LogP contribution is 2.14. The van der Waals surface area contributed by atoms with Crippen LogP contribution in [0.3, 0.4) is 0 Å². The van der Waals surface area contributed by atoms with Crippen molar-refractivity contribution in [2.75, 3.05) is 13.2 Å². The largest absolute Gasteiger partial charge is 0.476 e. The van der Waals surface area contributed by atoms with Crippen LogP contribution in [0.1, 0.15) is 11.1 Å². The zero-order chi connectivity index (χ0) is 10.7. The van der Waals surface area contributed by atoms with Gasteiger partial charge in [0.2, 0.25) is 5.90 Å². The Labute approximate surface area is 89.4 Å². The molecule has 0 bridgehead atoms. The Balaban J connectivity index is 2.20. The van der Waals surface area contributed by atoms with E-state index in [1.54, 1.807) is 0 Å². The third kappa shape index (κ3) is 2.10. The molecule has 0 aliphatic carbocycles. The molecule has 4 heteroatoms. The quantitative estimate of drug-likeness (QED) is 0.740. The molecule has 75 valence electrons. The molecule has 0 fully saturated rings. The van der Waals surface area contributed by atoms with Crippen LogP contribution in [0.15, 0.2) is 35.8 Å². The van der Waals surface area contributed by atoms with Gasteiger partial charge in [-0.1, -0.05) is 17.6 Å². The lowest BCUT2D eigenvalue weighted by atomic mass is 9.84. The van der Waals surface area contributed by atoms with Gasteiger partial charge in [0, 0.05) is 5.56 Å². The fourth-order valence-electron chi connectivity index (χ4n) is 1.41. The molecule has 1 aromatic carbocycles. The third-order valence-corrected chi connectivity index (χ3v) is 2.24. The van der Waals surface area contributed by atoms with Gasteiger partial charge in [-0.3, -0.25) is 0 Å². The van der Waals surface area contributed by atoms with E-state index >= 15 is 0 Å². The molecule has 15 heavy (non-hydrogen) atoms. The third-order valence-electron chi connectivity index (χ3n) is 2.24. The number of ether oxygens (including phenoxy) is 1. The lowest BCUT2D eigenvalue weighted by Crippen LogP contribution is -2.01. The van der Waals surface area contributed by atoms with Gasteiger partial charge in [-0.15, -0.1) is 6.58 Å². The Bertz CT molecular complexity index is 398. The van der Waals surface area contributed by atoms with E-state index in [-0.39, 0.29) is 0 Å². The predicted molar refractivity (Wildman–Crippen MR) is 60.8 cm³/mol. The van der Waals surface area contributed by atoms with Crippen molar-refractivity contribution in [2.45, 2.75) is 0 Å². The molecule has 2 rings (SSSR count). The Hall–Kier alpha value is -1.55.